The molecule has 1 aromatic carbocycles. The van der Waals surface area contributed by atoms with Crippen LogP contribution in [0.5, 0.6) is 0 Å². The van der Waals surface area contributed by atoms with Gasteiger partial charge in [-0.3, -0.25) is 9.59 Å². The van der Waals surface area contributed by atoms with Gasteiger partial charge in [-0.1, -0.05) is 42.0 Å². The van der Waals surface area contributed by atoms with Gasteiger partial charge in [0.1, 0.15) is 5.60 Å². The number of amides is 2. The molecular formula is C19H26N2O3. The summed E-state index contributed by atoms with van der Waals surface area (Å²) in [5.41, 5.74) is 0.827. The first-order valence-corrected chi connectivity index (χ1v) is 8.51. The largest absolute Gasteiger partial charge is 0.384 e. The van der Waals surface area contributed by atoms with Crippen molar-refractivity contribution in [2.45, 2.75) is 44.6 Å². The van der Waals surface area contributed by atoms with E-state index in [1.54, 1.807) is 19.1 Å². The molecule has 0 aliphatic heterocycles. The van der Waals surface area contributed by atoms with Gasteiger partial charge < -0.3 is 15.7 Å². The SMILES string of the molecule is CC(O)(CNC(=O)C(=O)NCCC1=CCCCC1)c1ccccc1. The molecule has 0 saturated heterocycles. The molecule has 0 saturated carbocycles. The van der Waals surface area contributed by atoms with E-state index in [4.69, 9.17) is 0 Å². The second kappa shape index (κ2) is 8.64. The van der Waals surface area contributed by atoms with Gasteiger partial charge in [0.05, 0.1) is 6.54 Å². The van der Waals surface area contributed by atoms with Crippen LogP contribution in [0.4, 0.5) is 0 Å². The molecule has 0 radical (unpaired) electrons. The lowest BCUT2D eigenvalue weighted by molar-refractivity contribution is -0.139. The standard InChI is InChI=1S/C19H26N2O3/c1-19(24,16-10-6-3-7-11-16)14-21-18(23)17(22)20-13-12-15-8-4-2-5-9-15/h3,6-8,10-11,24H,2,4-5,9,12-14H2,1H3,(H,20,22)(H,21,23). The second-order valence-electron chi connectivity index (χ2n) is 6.44. The maximum Gasteiger partial charge on any atom is 0.309 e. The molecule has 5 heteroatoms. The molecule has 0 spiro atoms. The number of benzene rings is 1. The average molecular weight is 330 g/mol. The quantitative estimate of drug-likeness (QED) is 0.551. The number of hydrogen-bond acceptors (Lipinski definition) is 3. The molecule has 1 aromatic rings. The smallest absolute Gasteiger partial charge is 0.309 e. The third kappa shape index (κ3) is 5.49. The fraction of sp³-hybridized carbons (Fsp3) is 0.474. The van der Waals surface area contributed by atoms with Gasteiger partial charge in [-0.05, 0) is 44.6 Å². The summed E-state index contributed by atoms with van der Waals surface area (Å²) in [6.07, 6.45) is 7.66. The molecule has 1 aliphatic rings. The van der Waals surface area contributed by atoms with E-state index < -0.39 is 17.4 Å². The highest BCUT2D eigenvalue weighted by Crippen LogP contribution is 2.20. The minimum atomic E-state index is -1.22. The van der Waals surface area contributed by atoms with Crippen molar-refractivity contribution in [1.29, 1.82) is 0 Å². The normalized spacial score (nSPS) is 16.7. The minimum Gasteiger partial charge on any atom is -0.384 e. The summed E-state index contributed by atoms with van der Waals surface area (Å²) < 4.78 is 0. The van der Waals surface area contributed by atoms with Gasteiger partial charge in [0.15, 0.2) is 0 Å². The first kappa shape index (κ1) is 18.2. The minimum absolute atomic E-state index is 0.0194. The first-order chi connectivity index (χ1) is 11.5. The van der Waals surface area contributed by atoms with Gasteiger partial charge in [-0.25, -0.2) is 0 Å². The Bertz CT molecular complexity index is 594. The number of carbonyl (C=O) groups excluding carboxylic acids is 2. The fourth-order valence-electron chi connectivity index (χ4n) is 2.78. The molecule has 1 atom stereocenters. The van der Waals surface area contributed by atoms with E-state index in [1.165, 1.54) is 18.4 Å². The lowest BCUT2D eigenvalue weighted by atomic mass is 9.96. The van der Waals surface area contributed by atoms with Crippen molar-refractivity contribution < 1.29 is 14.7 Å². The van der Waals surface area contributed by atoms with Crippen LogP contribution in [0.15, 0.2) is 42.0 Å². The Balaban J connectivity index is 1.73. The summed E-state index contributed by atoms with van der Waals surface area (Å²) >= 11 is 0. The maximum atomic E-state index is 11.9. The van der Waals surface area contributed by atoms with Crippen molar-refractivity contribution >= 4 is 11.8 Å². The maximum absolute atomic E-state index is 11.9. The van der Waals surface area contributed by atoms with Gasteiger partial charge >= 0.3 is 11.8 Å². The third-order valence-electron chi connectivity index (χ3n) is 4.31. The monoisotopic (exact) mass is 330 g/mol. The Morgan fingerprint density at radius 2 is 1.83 bits per heavy atom. The number of aliphatic hydroxyl groups is 1. The summed E-state index contributed by atoms with van der Waals surface area (Å²) in [6, 6.07) is 9.05. The van der Waals surface area contributed by atoms with Crippen LogP contribution in [0.3, 0.4) is 0 Å². The van der Waals surface area contributed by atoms with Crippen LogP contribution < -0.4 is 10.6 Å². The van der Waals surface area contributed by atoms with Crippen molar-refractivity contribution in [3.05, 3.63) is 47.5 Å². The van der Waals surface area contributed by atoms with Crippen LogP contribution in [0.1, 0.15) is 44.6 Å². The molecular weight excluding hydrogens is 304 g/mol. The highest BCUT2D eigenvalue weighted by molar-refractivity contribution is 6.35. The highest BCUT2D eigenvalue weighted by Gasteiger charge is 2.25. The van der Waals surface area contributed by atoms with Gasteiger partial charge in [0.2, 0.25) is 0 Å². The number of nitrogens with one attached hydrogen (secondary N) is 2. The Labute approximate surface area is 143 Å². The molecule has 130 valence electrons. The van der Waals surface area contributed by atoms with Gasteiger partial charge in [-0.15, -0.1) is 0 Å². The molecule has 5 nitrogen and oxygen atoms in total. The third-order valence-corrected chi connectivity index (χ3v) is 4.31. The van der Waals surface area contributed by atoms with Crippen LogP contribution in [-0.2, 0) is 15.2 Å². The summed E-state index contributed by atoms with van der Waals surface area (Å²) in [5.74, 6) is -1.38. The predicted octanol–water partition coefficient (Wildman–Crippen LogP) is 2.02. The topological polar surface area (TPSA) is 78.4 Å². The zero-order valence-electron chi connectivity index (χ0n) is 14.2. The number of allylic oxidation sites excluding steroid dienone is 1. The molecule has 24 heavy (non-hydrogen) atoms. The van der Waals surface area contributed by atoms with Crippen LogP contribution in [-0.4, -0.2) is 30.0 Å². The second-order valence-corrected chi connectivity index (χ2v) is 6.44. The van der Waals surface area contributed by atoms with E-state index in [-0.39, 0.29) is 6.54 Å². The molecule has 3 N–H and O–H groups in total. The molecule has 0 fully saturated rings. The summed E-state index contributed by atoms with van der Waals surface area (Å²) in [7, 11) is 0. The Morgan fingerprint density at radius 3 is 2.50 bits per heavy atom. The van der Waals surface area contributed by atoms with E-state index in [1.807, 2.05) is 18.2 Å². The van der Waals surface area contributed by atoms with Gasteiger partial charge in [0, 0.05) is 6.54 Å². The predicted molar refractivity (Wildman–Crippen MR) is 93.2 cm³/mol. The van der Waals surface area contributed by atoms with Crippen molar-refractivity contribution in [2.75, 3.05) is 13.1 Å². The first-order valence-electron chi connectivity index (χ1n) is 8.51. The lowest BCUT2D eigenvalue weighted by Crippen LogP contribution is -2.45. The van der Waals surface area contributed by atoms with Crippen molar-refractivity contribution in [2.24, 2.45) is 0 Å². The summed E-state index contributed by atoms with van der Waals surface area (Å²) in [6.45, 7) is 2.05. The van der Waals surface area contributed by atoms with E-state index in [2.05, 4.69) is 16.7 Å². The van der Waals surface area contributed by atoms with E-state index in [0.29, 0.717) is 12.1 Å². The fourth-order valence-corrected chi connectivity index (χ4v) is 2.78. The lowest BCUT2D eigenvalue weighted by Gasteiger charge is -2.24. The van der Waals surface area contributed by atoms with Crippen LogP contribution in [0, 0.1) is 0 Å². The Hall–Kier alpha value is -2.14. The number of carbonyl (C=O) groups is 2. The molecule has 0 bridgehead atoms. The molecule has 2 amide bonds. The summed E-state index contributed by atoms with van der Waals surface area (Å²) in [5, 5.41) is 15.5. The Kier molecular flexibility index (Phi) is 6.55. The van der Waals surface area contributed by atoms with E-state index in [0.717, 1.165) is 19.3 Å². The molecule has 0 aromatic heterocycles. The molecule has 1 aliphatic carbocycles. The number of hydrogen-bond donors (Lipinski definition) is 3. The van der Waals surface area contributed by atoms with Gasteiger partial charge in [0.25, 0.3) is 0 Å². The highest BCUT2D eigenvalue weighted by atomic mass is 16.3. The molecule has 1 unspecified atom stereocenters. The van der Waals surface area contributed by atoms with E-state index >= 15 is 0 Å². The van der Waals surface area contributed by atoms with Crippen LogP contribution in [0.25, 0.3) is 0 Å². The van der Waals surface area contributed by atoms with Crippen molar-refractivity contribution in [3.8, 4) is 0 Å². The van der Waals surface area contributed by atoms with Crippen LogP contribution in [0.2, 0.25) is 0 Å². The Morgan fingerprint density at radius 1 is 1.12 bits per heavy atom. The zero-order valence-corrected chi connectivity index (χ0v) is 14.2. The zero-order chi connectivity index (χ0) is 17.4. The van der Waals surface area contributed by atoms with E-state index in [9.17, 15) is 14.7 Å². The van der Waals surface area contributed by atoms with Gasteiger partial charge in [-0.2, -0.15) is 0 Å². The van der Waals surface area contributed by atoms with Crippen molar-refractivity contribution in [1.82, 2.24) is 10.6 Å². The number of rotatable bonds is 6. The van der Waals surface area contributed by atoms with Crippen molar-refractivity contribution in [3.63, 3.8) is 0 Å². The average Bonchev–Trinajstić information content (AvgIpc) is 2.61. The molecule has 0 heterocycles. The summed E-state index contributed by atoms with van der Waals surface area (Å²) in [4.78, 5) is 23.7. The molecule has 2 rings (SSSR count). The van der Waals surface area contributed by atoms with Crippen LogP contribution >= 0.6 is 0 Å².